The predicted octanol–water partition coefficient (Wildman–Crippen LogP) is 3.65. The average Bonchev–Trinajstić information content (AvgIpc) is 3.04. The van der Waals surface area contributed by atoms with E-state index in [2.05, 4.69) is 22.8 Å². The number of carbonyl (C=O) groups is 1. The Kier molecular flexibility index (Phi) is 4.09. The van der Waals surface area contributed by atoms with Crippen LogP contribution in [0.25, 0.3) is 10.1 Å². The molecule has 1 aliphatic rings. The minimum Gasteiger partial charge on any atom is -0.486 e. The molecule has 0 aliphatic carbocycles. The summed E-state index contributed by atoms with van der Waals surface area (Å²) in [5, 5.41) is 6.42. The highest BCUT2D eigenvalue weighted by Gasteiger charge is 2.14. The second-order valence-electron chi connectivity index (χ2n) is 5.62. The van der Waals surface area contributed by atoms with Crippen molar-refractivity contribution in [1.82, 2.24) is 5.32 Å². The molecule has 0 spiro atoms. The van der Waals surface area contributed by atoms with Gasteiger partial charge >= 0.3 is 0 Å². The van der Waals surface area contributed by atoms with Crippen LogP contribution < -0.4 is 14.8 Å². The van der Waals surface area contributed by atoms with Crippen molar-refractivity contribution >= 4 is 27.3 Å². The molecular weight excluding hydrogens is 322 g/mol. The van der Waals surface area contributed by atoms with E-state index < -0.39 is 0 Å². The van der Waals surface area contributed by atoms with Crippen LogP contribution in [0.3, 0.4) is 0 Å². The number of carbonyl (C=O) groups excluding carboxylic acids is 1. The lowest BCUT2D eigenvalue weighted by Gasteiger charge is -2.18. The molecule has 1 N–H and O–H groups in total. The van der Waals surface area contributed by atoms with E-state index in [1.54, 1.807) is 29.5 Å². The molecule has 0 fully saturated rings. The maximum atomic E-state index is 12.3. The molecular formula is C19H17NO3S. The van der Waals surface area contributed by atoms with Gasteiger partial charge in [0.1, 0.15) is 13.2 Å². The maximum Gasteiger partial charge on any atom is 0.251 e. The minimum atomic E-state index is -0.0912. The van der Waals surface area contributed by atoms with E-state index in [0.717, 1.165) is 6.42 Å². The molecule has 0 saturated carbocycles. The zero-order valence-corrected chi connectivity index (χ0v) is 13.9. The Bertz CT molecular complexity index is 887. The van der Waals surface area contributed by atoms with Crippen molar-refractivity contribution in [2.24, 2.45) is 0 Å². The van der Waals surface area contributed by atoms with Crippen molar-refractivity contribution in [3.63, 3.8) is 0 Å². The van der Waals surface area contributed by atoms with Crippen molar-refractivity contribution in [3.8, 4) is 11.5 Å². The Balaban J connectivity index is 1.40. The van der Waals surface area contributed by atoms with Crippen LogP contribution in [0.4, 0.5) is 0 Å². The minimum absolute atomic E-state index is 0.0912. The van der Waals surface area contributed by atoms with E-state index in [4.69, 9.17) is 9.47 Å². The molecule has 5 heteroatoms. The number of hydrogen-bond acceptors (Lipinski definition) is 4. The smallest absolute Gasteiger partial charge is 0.251 e. The van der Waals surface area contributed by atoms with Crippen molar-refractivity contribution in [2.75, 3.05) is 19.8 Å². The van der Waals surface area contributed by atoms with E-state index in [-0.39, 0.29) is 5.91 Å². The van der Waals surface area contributed by atoms with Crippen molar-refractivity contribution < 1.29 is 14.3 Å². The van der Waals surface area contributed by atoms with Gasteiger partial charge in [-0.2, -0.15) is 0 Å². The number of ether oxygens (including phenoxy) is 2. The van der Waals surface area contributed by atoms with Crippen LogP contribution in [0.15, 0.2) is 47.8 Å². The molecule has 4 rings (SSSR count). The molecule has 0 radical (unpaired) electrons. The van der Waals surface area contributed by atoms with Gasteiger partial charge in [0.25, 0.3) is 5.91 Å². The third kappa shape index (κ3) is 2.95. The molecule has 0 bridgehead atoms. The molecule has 122 valence electrons. The van der Waals surface area contributed by atoms with Crippen LogP contribution in [-0.2, 0) is 6.42 Å². The standard InChI is InChI=1S/C19H17NO3S/c21-19(13-5-6-16-17(11-13)23-10-9-22-16)20-8-7-14-12-24-18-4-2-1-3-15(14)18/h1-6,11-12H,7-10H2,(H,20,21). The largest absolute Gasteiger partial charge is 0.486 e. The molecule has 0 saturated heterocycles. The van der Waals surface area contributed by atoms with E-state index in [9.17, 15) is 4.79 Å². The van der Waals surface area contributed by atoms with E-state index in [0.29, 0.717) is 36.8 Å². The van der Waals surface area contributed by atoms with Gasteiger partial charge in [-0.1, -0.05) is 18.2 Å². The second-order valence-corrected chi connectivity index (χ2v) is 6.53. The first-order valence-corrected chi connectivity index (χ1v) is 8.82. The molecule has 1 amide bonds. The summed E-state index contributed by atoms with van der Waals surface area (Å²) in [5.74, 6) is 1.24. The summed E-state index contributed by atoms with van der Waals surface area (Å²) in [4.78, 5) is 12.3. The second kappa shape index (κ2) is 6.53. The highest BCUT2D eigenvalue weighted by molar-refractivity contribution is 7.17. The van der Waals surface area contributed by atoms with Crippen LogP contribution in [0.1, 0.15) is 15.9 Å². The Hall–Kier alpha value is -2.53. The predicted molar refractivity (Wildman–Crippen MR) is 95.3 cm³/mol. The molecule has 3 aromatic rings. The van der Waals surface area contributed by atoms with Gasteiger partial charge in [0.15, 0.2) is 11.5 Å². The molecule has 24 heavy (non-hydrogen) atoms. The molecule has 2 heterocycles. The van der Waals surface area contributed by atoms with Crippen molar-refractivity contribution in [3.05, 3.63) is 59.0 Å². The third-order valence-corrected chi connectivity index (χ3v) is 5.06. The number of thiophene rings is 1. The summed E-state index contributed by atoms with van der Waals surface area (Å²) < 4.78 is 12.3. The quantitative estimate of drug-likeness (QED) is 0.789. The van der Waals surface area contributed by atoms with Crippen molar-refractivity contribution in [1.29, 1.82) is 0 Å². The average molecular weight is 339 g/mol. The van der Waals surface area contributed by atoms with Gasteiger partial charge in [0.2, 0.25) is 0 Å². The van der Waals surface area contributed by atoms with Gasteiger partial charge in [-0.05, 0) is 47.0 Å². The summed E-state index contributed by atoms with van der Waals surface area (Å²) in [6.07, 6.45) is 0.820. The van der Waals surface area contributed by atoms with Gasteiger partial charge in [0, 0.05) is 16.8 Å². The number of benzene rings is 2. The summed E-state index contributed by atoms with van der Waals surface area (Å²) in [7, 11) is 0. The molecule has 4 nitrogen and oxygen atoms in total. The Morgan fingerprint density at radius 2 is 1.92 bits per heavy atom. The number of amides is 1. The summed E-state index contributed by atoms with van der Waals surface area (Å²) in [6, 6.07) is 13.6. The third-order valence-electron chi connectivity index (χ3n) is 4.05. The van der Waals surface area contributed by atoms with Gasteiger partial charge in [-0.25, -0.2) is 0 Å². The molecule has 0 atom stereocenters. The fraction of sp³-hybridized carbons (Fsp3) is 0.211. The lowest BCUT2D eigenvalue weighted by Crippen LogP contribution is -2.26. The topological polar surface area (TPSA) is 47.6 Å². The monoisotopic (exact) mass is 339 g/mol. The van der Waals surface area contributed by atoms with E-state index in [1.807, 2.05) is 12.1 Å². The van der Waals surface area contributed by atoms with Crippen LogP contribution in [-0.4, -0.2) is 25.7 Å². The van der Waals surface area contributed by atoms with Crippen molar-refractivity contribution in [2.45, 2.75) is 6.42 Å². The summed E-state index contributed by atoms with van der Waals surface area (Å²) >= 11 is 1.74. The fourth-order valence-corrected chi connectivity index (χ4v) is 3.82. The Morgan fingerprint density at radius 3 is 2.83 bits per heavy atom. The van der Waals surface area contributed by atoms with Crippen LogP contribution >= 0.6 is 11.3 Å². The fourth-order valence-electron chi connectivity index (χ4n) is 2.82. The zero-order chi connectivity index (χ0) is 16.4. The Labute approximate surface area is 144 Å². The lowest BCUT2D eigenvalue weighted by atomic mass is 10.1. The first-order valence-electron chi connectivity index (χ1n) is 7.94. The van der Waals surface area contributed by atoms with Crippen LogP contribution in [0, 0.1) is 0 Å². The highest BCUT2D eigenvalue weighted by atomic mass is 32.1. The number of nitrogens with one attached hydrogen (secondary N) is 1. The normalized spacial score (nSPS) is 13.0. The van der Waals surface area contributed by atoms with Gasteiger partial charge < -0.3 is 14.8 Å². The van der Waals surface area contributed by atoms with E-state index >= 15 is 0 Å². The number of rotatable bonds is 4. The number of fused-ring (bicyclic) bond motifs is 2. The molecule has 0 unspecified atom stereocenters. The summed E-state index contributed by atoms with van der Waals surface area (Å²) in [5.41, 5.74) is 1.87. The zero-order valence-electron chi connectivity index (χ0n) is 13.1. The van der Waals surface area contributed by atoms with Crippen LogP contribution in [0.2, 0.25) is 0 Å². The summed E-state index contributed by atoms with van der Waals surface area (Å²) in [6.45, 7) is 1.67. The lowest BCUT2D eigenvalue weighted by molar-refractivity contribution is 0.0953. The van der Waals surface area contributed by atoms with Crippen LogP contribution in [0.5, 0.6) is 11.5 Å². The molecule has 1 aromatic heterocycles. The first-order chi connectivity index (χ1) is 11.8. The van der Waals surface area contributed by atoms with Gasteiger partial charge in [-0.15, -0.1) is 11.3 Å². The van der Waals surface area contributed by atoms with Gasteiger partial charge in [-0.3, -0.25) is 4.79 Å². The first kappa shape index (κ1) is 15.0. The Morgan fingerprint density at radius 1 is 1.08 bits per heavy atom. The SMILES string of the molecule is O=C(NCCc1csc2ccccc12)c1ccc2c(c1)OCCO2. The van der Waals surface area contributed by atoms with E-state index in [1.165, 1.54) is 15.6 Å². The number of hydrogen-bond donors (Lipinski definition) is 1. The molecule has 1 aliphatic heterocycles. The van der Waals surface area contributed by atoms with Gasteiger partial charge in [0.05, 0.1) is 0 Å². The molecule has 2 aromatic carbocycles. The maximum absolute atomic E-state index is 12.3. The highest BCUT2D eigenvalue weighted by Crippen LogP contribution is 2.30.